The molecule has 0 aliphatic rings. The summed E-state index contributed by atoms with van der Waals surface area (Å²) in [5.74, 6) is -2.18. The molecule has 2 amide bonds. The van der Waals surface area contributed by atoms with Gasteiger partial charge < -0.3 is 15.7 Å². The molecule has 0 aliphatic heterocycles. The molecule has 1 atom stereocenters. The van der Waals surface area contributed by atoms with E-state index in [1.54, 1.807) is 5.38 Å². The molecule has 0 fully saturated rings. The third-order valence-corrected chi connectivity index (χ3v) is 2.82. The SMILES string of the molecule is CC(NC(=O)Nc1ccsc1)(C(=O)O)C(F)(F)F. The number of halogens is 3. The Morgan fingerprint density at radius 3 is 2.39 bits per heavy atom. The summed E-state index contributed by atoms with van der Waals surface area (Å²) in [5, 5.41) is 15.2. The van der Waals surface area contributed by atoms with Gasteiger partial charge in [0.1, 0.15) is 0 Å². The van der Waals surface area contributed by atoms with Crippen molar-refractivity contribution >= 4 is 29.0 Å². The number of carbonyl (C=O) groups is 2. The zero-order chi connectivity index (χ0) is 14.0. The third kappa shape index (κ3) is 2.92. The predicted octanol–water partition coefficient (Wildman–Crippen LogP) is 2.28. The van der Waals surface area contributed by atoms with Crippen molar-refractivity contribution < 1.29 is 27.9 Å². The van der Waals surface area contributed by atoms with Gasteiger partial charge in [0, 0.05) is 5.38 Å². The lowest BCUT2D eigenvalue weighted by Gasteiger charge is -2.28. The van der Waals surface area contributed by atoms with Crippen LogP contribution in [-0.4, -0.2) is 28.8 Å². The van der Waals surface area contributed by atoms with Gasteiger partial charge in [-0.25, -0.2) is 9.59 Å². The summed E-state index contributed by atoms with van der Waals surface area (Å²) in [6.45, 7) is 0.378. The van der Waals surface area contributed by atoms with Crippen LogP contribution in [-0.2, 0) is 4.79 Å². The Balaban J connectivity index is 2.80. The van der Waals surface area contributed by atoms with Crippen LogP contribution < -0.4 is 10.6 Å². The summed E-state index contributed by atoms with van der Waals surface area (Å²) >= 11 is 1.23. The van der Waals surface area contributed by atoms with Crippen LogP contribution in [0.2, 0.25) is 0 Å². The summed E-state index contributed by atoms with van der Waals surface area (Å²) in [7, 11) is 0. The number of carbonyl (C=O) groups excluding carboxylic acids is 1. The van der Waals surface area contributed by atoms with Crippen molar-refractivity contribution in [1.29, 1.82) is 0 Å². The lowest BCUT2D eigenvalue weighted by Crippen LogP contribution is -2.62. The molecule has 1 aromatic rings. The molecule has 1 unspecified atom stereocenters. The molecule has 0 aromatic carbocycles. The second kappa shape index (κ2) is 4.84. The third-order valence-electron chi connectivity index (χ3n) is 2.14. The second-order valence-electron chi connectivity index (χ2n) is 3.52. The number of hydrogen-bond acceptors (Lipinski definition) is 3. The molecule has 18 heavy (non-hydrogen) atoms. The van der Waals surface area contributed by atoms with Crippen molar-refractivity contribution in [3.05, 3.63) is 16.8 Å². The first-order valence-corrected chi connectivity index (χ1v) is 5.52. The second-order valence-corrected chi connectivity index (χ2v) is 4.30. The Labute approximate surface area is 104 Å². The van der Waals surface area contributed by atoms with Crippen molar-refractivity contribution in [3.8, 4) is 0 Å². The Morgan fingerprint density at radius 2 is 2.00 bits per heavy atom. The molecule has 1 heterocycles. The number of aliphatic carboxylic acids is 1. The van der Waals surface area contributed by atoms with E-state index in [1.165, 1.54) is 28.1 Å². The number of amides is 2. The molecule has 1 rings (SSSR count). The van der Waals surface area contributed by atoms with Crippen molar-refractivity contribution in [3.63, 3.8) is 0 Å². The first-order valence-electron chi connectivity index (χ1n) is 4.58. The van der Waals surface area contributed by atoms with Crippen LogP contribution in [0.4, 0.5) is 23.7 Å². The molecule has 3 N–H and O–H groups in total. The van der Waals surface area contributed by atoms with Crippen LogP contribution in [0, 0.1) is 0 Å². The van der Waals surface area contributed by atoms with Crippen LogP contribution in [0.1, 0.15) is 6.92 Å². The Kier molecular flexibility index (Phi) is 3.85. The molecule has 5 nitrogen and oxygen atoms in total. The smallest absolute Gasteiger partial charge is 0.422 e. The first kappa shape index (κ1) is 14.3. The summed E-state index contributed by atoms with van der Waals surface area (Å²) < 4.78 is 37.7. The van der Waals surface area contributed by atoms with Crippen molar-refractivity contribution in [2.24, 2.45) is 0 Å². The average Bonchev–Trinajstić information content (AvgIpc) is 2.67. The maximum absolute atomic E-state index is 12.6. The molecule has 0 aliphatic carbocycles. The zero-order valence-electron chi connectivity index (χ0n) is 9.04. The molecule has 100 valence electrons. The Morgan fingerprint density at radius 1 is 1.39 bits per heavy atom. The monoisotopic (exact) mass is 282 g/mol. The minimum atomic E-state index is -5.11. The molecule has 0 saturated heterocycles. The average molecular weight is 282 g/mol. The van der Waals surface area contributed by atoms with Gasteiger partial charge in [-0.15, -0.1) is 0 Å². The highest BCUT2D eigenvalue weighted by Gasteiger charge is 2.58. The summed E-state index contributed by atoms with van der Waals surface area (Å²) in [6.07, 6.45) is -5.11. The minimum Gasteiger partial charge on any atom is -0.479 e. The van der Waals surface area contributed by atoms with E-state index in [0.717, 1.165) is 0 Å². The summed E-state index contributed by atoms with van der Waals surface area (Å²) in [6, 6.07) is 0.228. The van der Waals surface area contributed by atoms with E-state index < -0.39 is 23.7 Å². The number of thiophene rings is 1. The standard InChI is InChI=1S/C9H9F3N2O3S/c1-8(6(15)16,9(10,11)12)14-7(17)13-5-2-3-18-4-5/h2-4H,1H3,(H,15,16)(H2,13,14,17). The number of carboxylic acid groups (broad SMARTS) is 1. The topological polar surface area (TPSA) is 78.4 Å². The molecule has 0 saturated carbocycles. The van der Waals surface area contributed by atoms with E-state index in [-0.39, 0.29) is 5.69 Å². The van der Waals surface area contributed by atoms with Gasteiger partial charge in [0.25, 0.3) is 0 Å². The number of nitrogens with one attached hydrogen (secondary N) is 2. The number of anilines is 1. The van der Waals surface area contributed by atoms with Gasteiger partial charge in [0.15, 0.2) is 0 Å². The summed E-state index contributed by atoms with van der Waals surface area (Å²) in [4.78, 5) is 21.9. The quantitative estimate of drug-likeness (QED) is 0.795. The lowest BCUT2D eigenvalue weighted by molar-refractivity contribution is -0.203. The minimum absolute atomic E-state index is 0.285. The van der Waals surface area contributed by atoms with Gasteiger partial charge in [0.05, 0.1) is 5.69 Å². The lowest BCUT2D eigenvalue weighted by atomic mass is 10.0. The van der Waals surface area contributed by atoms with Gasteiger partial charge in [-0.1, -0.05) is 0 Å². The highest BCUT2D eigenvalue weighted by atomic mass is 32.1. The normalized spacial score (nSPS) is 14.7. The Bertz CT molecular complexity index is 446. The highest BCUT2D eigenvalue weighted by Crippen LogP contribution is 2.30. The molecule has 1 aromatic heterocycles. The number of rotatable bonds is 3. The van der Waals surface area contributed by atoms with E-state index >= 15 is 0 Å². The van der Waals surface area contributed by atoms with E-state index in [1.807, 2.05) is 0 Å². The number of hydrogen-bond donors (Lipinski definition) is 3. The maximum atomic E-state index is 12.6. The molecule has 0 spiro atoms. The van der Waals surface area contributed by atoms with E-state index in [2.05, 4.69) is 5.32 Å². The van der Waals surface area contributed by atoms with Crippen LogP contribution in [0.3, 0.4) is 0 Å². The first-order chi connectivity index (χ1) is 8.17. The number of urea groups is 1. The Hall–Kier alpha value is -1.77. The van der Waals surface area contributed by atoms with Crippen LogP contribution in [0.5, 0.6) is 0 Å². The molecule has 0 radical (unpaired) electrons. The van der Waals surface area contributed by atoms with Gasteiger partial charge >= 0.3 is 18.2 Å². The fourth-order valence-electron chi connectivity index (χ4n) is 0.971. The number of carboxylic acids is 1. The zero-order valence-corrected chi connectivity index (χ0v) is 9.85. The van der Waals surface area contributed by atoms with E-state index in [0.29, 0.717) is 6.92 Å². The van der Waals surface area contributed by atoms with Gasteiger partial charge in [0.2, 0.25) is 5.54 Å². The molecule has 9 heteroatoms. The van der Waals surface area contributed by atoms with E-state index in [4.69, 9.17) is 5.11 Å². The van der Waals surface area contributed by atoms with Gasteiger partial charge in [-0.3, -0.25) is 0 Å². The fraction of sp³-hybridized carbons (Fsp3) is 0.333. The number of alkyl halides is 3. The van der Waals surface area contributed by atoms with Crippen LogP contribution in [0.15, 0.2) is 16.8 Å². The van der Waals surface area contributed by atoms with Crippen molar-refractivity contribution in [1.82, 2.24) is 5.32 Å². The largest absolute Gasteiger partial charge is 0.479 e. The molecule has 0 bridgehead atoms. The molecular formula is C9H9F3N2O3S. The summed E-state index contributed by atoms with van der Waals surface area (Å²) in [5.41, 5.74) is -3.06. The van der Waals surface area contributed by atoms with Crippen molar-refractivity contribution in [2.75, 3.05) is 5.32 Å². The van der Waals surface area contributed by atoms with Crippen LogP contribution >= 0.6 is 11.3 Å². The fourth-order valence-corrected chi connectivity index (χ4v) is 1.56. The molecular weight excluding hydrogens is 273 g/mol. The van der Waals surface area contributed by atoms with Crippen LogP contribution in [0.25, 0.3) is 0 Å². The van der Waals surface area contributed by atoms with E-state index in [9.17, 15) is 22.8 Å². The highest BCUT2D eigenvalue weighted by molar-refractivity contribution is 7.08. The predicted molar refractivity (Wildman–Crippen MR) is 58.6 cm³/mol. The van der Waals surface area contributed by atoms with Crippen molar-refractivity contribution in [2.45, 2.75) is 18.6 Å². The van der Waals surface area contributed by atoms with Gasteiger partial charge in [-0.05, 0) is 18.4 Å². The van der Waals surface area contributed by atoms with Gasteiger partial charge in [-0.2, -0.15) is 24.5 Å². The maximum Gasteiger partial charge on any atom is 0.422 e.